The molecule has 4 nitrogen and oxygen atoms in total. The number of nitrogens with two attached hydrogens (primary N) is 1. The Hall–Kier alpha value is -0.650. The van der Waals surface area contributed by atoms with Gasteiger partial charge in [0, 0.05) is 12.1 Å². The molecule has 0 aliphatic heterocycles. The van der Waals surface area contributed by atoms with Gasteiger partial charge in [-0.25, -0.2) is 4.98 Å². The van der Waals surface area contributed by atoms with Crippen molar-refractivity contribution < 1.29 is 4.79 Å². The van der Waals surface area contributed by atoms with E-state index in [-0.39, 0.29) is 18.3 Å². The van der Waals surface area contributed by atoms with Crippen molar-refractivity contribution in [3.8, 4) is 0 Å². The molecule has 1 aromatic rings. The van der Waals surface area contributed by atoms with Crippen LogP contribution >= 0.6 is 23.7 Å². The summed E-state index contributed by atoms with van der Waals surface area (Å²) in [5, 5.41) is 4.19. The molecule has 3 rings (SSSR count). The highest BCUT2D eigenvalue weighted by Gasteiger charge is 2.40. The number of amides is 1. The van der Waals surface area contributed by atoms with Crippen LogP contribution in [0, 0.1) is 18.8 Å². The first-order chi connectivity index (χ1) is 9.13. The Kier molecular flexibility index (Phi) is 5.04. The fourth-order valence-corrected chi connectivity index (χ4v) is 4.39. The molecule has 0 aromatic carbocycles. The predicted molar refractivity (Wildman–Crippen MR) is 83.4 cm³/mol. The van der Waals surface area contributed by atoms with Crippen molar-refractivity contribution in [1.82, 2.24) is 10.3 Å². The maximum Gasteiger partial charge on any atom is 0.263 e. The van der Waals surface area contributed by atoms with Crippen molar-refractivity contribution >= 4 is 29.7 Å². The normalized spacial score (nSPS) is 32.3. The van der Waals surface area contributed by atoms with Crippen LogP contribution < -0.4 is 11.1 Å². The van der Waals surface area contributed by atoms with E-state index in [2.05, 4.69) is 10.3 Å². The summed E-state index contributed by atoms with van der Waals surface area (Å²) in [6, 6.07) is 0.651. The number of aromatic nitrogens is 1. The lowest BCUT2D eigenvalue weighted by molar-refractivity contribution is 0.0759. The third-order valence-electron chi connectivity index (χ3n) is 4.52. The van der Waals surface area contributed by atoms with Gasteiger partial charge in [-0.1, -0.05) is 6.42 Å². The lowest BCUT2D eigenvalue weighted by Gasteiger charge is -2.45. The number of hydrogen-bond donors (Lipinski definition) is 2. The van der Waals surface area contributed by atoms with Gasteiger partial charge >= 0.3 is 0 Å². The van der Waals surface area contributed by atoms with Crippen molar-refractivity contribution in [2.24, 2.45) is 17.6 Å². The highest BCUT2D eigenvalue weighted by Crippen LogP contribution is 2.39. The number of carbonyl (C=O) groups excluding carboxylic acids is 1. The fraction of sp³-hybridized carbons (Fsp3) is 0.714. The van der Waals surface area contributed by atoms with Crippen LogP contribution in [0.3, 0.4) is 0 Å². The average molecular weight is 316 g/mol. The van der Waals surface area contributed by atoms with Crippen molar-refractivity contribution in [3.63, 3.8) is 0 Å². The zero-order valence-corrected chi connectivity index (χ0v) is 13.3. The molecule has 0 spiro atoms. The average Bonchev–Trinajstić information content (AvgIpc) is 2.77. The Bertz CT molecular complexity index is 465. The molecule has 0 saturated heterocycles. The first kappa shape index (κ1) is 15.7. The minimum Gasteiger partial charge on any atom is -0.348 e. The second-order valence-corrected chi connectivity index (χ2v) is 7.16. The molecule has 2 fully saturated rings. The predicted octanol–water partition coefficient (Wildman–Crippen LogP) is 2.51. The monoisotopic (exact) mass is 315 g/mol. The molecule has 6 heteroatoms. The number of halogens is 1. The van der Waals surface area contributed by atoms with Crippen LogP contribution in [-0.4, -0.2) is 23.0 Å². The largest absolute Gasteiger partial charge is 0.348 e. The second kappa shape index (κ2) is 6.41. The molecule has 112 valence electrons. The summed E-state index contributed by atoms with van der Waals surface area (Å²) in [5.41, 5.74) is 6.11. The van der Waals surface area contributed by atoms with Gasteiger partial charge in [-0.05, 0) is 44.4 Å². The van der Waals surface area contributed by atoms with Crippen LogP contribution in [0.4, 0.5) is 0 Å². The number of thiazole rings is 1. The second-order valence-electron chi connectivity index (χ2n) is 5.93. The van der Waals surface area contributed by atoms with Crippen molar-refractivity contribution in [2.75, 3.05) is 0 Å². The topological polar surface area (TPSA) is 68.0 Å². The van der Waals surface area contributed by atoms with Gasteiger partial charge in [0.25, 0.3) is 5.91 Å². The van der Waals surface area contributed by atoms with E-state index in [1.807, 2.05) is 6.92 Å². The number of nitrogens with one attached hydrogen (secondary N) is 1. The summed E-state index contributed by atoms with van der Waals surface area (Å²) < 4.78 is 0. The van der Waals surface area contributed by atoms with E-state index in [1.54, 1.807) is 6.20 Å². The molecular formula is C14H22ClN3OS. The van der Waals surface area contributed by atoms with Gasteiger partial charge in [0.05, 0.1) is 11.2 Å². The highest BCUT2D eigenvalue weighted by molar-refractivity contribution is 7.13. The minimum absolute atomic E-state index is 0. The van der Waals surface area contributed by atoms with E-state index < -0.39 is 0 Å². The van der Waals surface area contributed by atoms with Crippen molar-refractivity contribution in [2.45, 2.75) is 51.1 Å². The summed E-state index contributed by atoms with van der Waals surface area (Å²) in [7, 11) is 0. The summed E-state index contributed by atoms with van der Waals surface area (Å²) in [4.78, 5) is 17.1. The van der Waals surface area contributed by atoms with E-state index in [0.29, 0.717) is 23.9 Å². The molecule has 2 atom stereocenters. The van der Waals surface area contributed by atoms with Crippen LogP contribution in [0.1, 0.15) is 46.8 Å². The zero-order chi connectivity index (χ0) is 13.4. The molecule has 2 aliphatic rings. The van der Waals surface area contributed by atoms with Crippen LogP contribution in [-0.2, 0) is 0 Å². The molecule has 2 aliphatic carbocycles. The van der Waals surface area contributed by atoms with Gasteiger partial charge in [-0.2, -0.15) is 0 Å². The van der Waals surface area contributed by atoms with Crippen LogP contribution in [0.2, 0.25) is 0 Å². The molecule has 1 aromatic heterocycles. The summed E-state index contributed by atoms with van der Waals surface area (Å²) >= 11 is 1.47. The zero-order valence-electron chi connectivity index (χ0n) is 11.7. The van der Waals surface area contributed by atoms with E-state index in [4.69, 9.17) is 5.73 Å². The first-order valence-electron chi connectivity index (χ1n) is 7.12. The lowest BCUT2D eigenvalue weighted by Crippen LogP contribution is -2.53. The molecular weight excluding hydrogens is 294 g/mol. The number of hydrogen-bond acceptors (Lipinski definition) is 4. The number of carbonyl (C=O) groups is 1. The summed E-state index contributed by atoms with van der Waals surface area (Å²) in [6.45, 7) is 1.93. The number of aryl methyl sites for hydroxylation is 1. The molecule has 1 amide bonds. The van der Waals surface area contributed by atoms with Crippen LogP contribution in [0.15, 0.2) is 6.20 Å². The summed E-state index contributed by atoms with van der Waals surface area (Å²) in [6.07, 6.45) is 7.49. The van der Waals surface area contributed by atoms with E-state index in [1.165, 1.54) is 30.6 Å². The number of rotatable bonds is 2. The lowest BCUT2D eigenvalue weighted by atomic mass is 9.67. The first-order valence-corrected chi connectivity index (χ1v) is 7.94. The maximum atomic E-state index is 12.3. The van der Waals surface area contributed by atoms with Gasteiger partial charge in [0.15, 0.2) is 0 Å². The van der Waals surface area contributed by atoms with E-state index in [9.17, 15) is 4.79 Å². The molecule has 20 heavy (non-hydrogen) atoms. The molecule has 1 heterocycles. The van der Waals surface area contributed by atoms with E-state index in [0.717, 1.165) is 22.7 Å². The van der Waals surface area contributed by atoms with Crippen LogP contribution in [0.5, 0.6) is 0 Å². The molecule has 2 bridgehead atoms. The molecule has 2 unspecified atom stereocenters. The Balaban J connectivity index is 0.00000147. The summed E-state index contributed by atoms with van der Waals surface area (Å²) in [5.74, 6) is 1.18. The maximum absolute atomic E-state index is 12.3. The van der Waals surface area contributed by atoms with Gasteiger partial charge in [-0.3, -0.25) is 4.79 Å². The van der Waals surface area contributed by atoms with Crippen molar-refractivity contribution in [1.29, 1.82) is 0 Å². The van der Waals surface area contributed by atoms with E-state index >= 15 is 0 Å². The molecule has 2 saturated carbocycles. The van der Waals surface area contributed by atoms with Gasteiger partial charge in [0.1, 0.15) is 4.88 Å². The Morgan fingerprint density at radius 3 is 2.60 bits per heavy atom. The van der Waals surface area contributed by atoms with Gasteiger partial charge in [-0.15, -0.1) is 23.7 Å². The standard InChI is InChI=1S/C14H21N3OS.ClH/c1-8-16-7-12(19-8)14(18)17-13-9-3-2-4-10(13)6-11(15)5-9;/h7,9-11,13H,2-6,15H2,1H3,(H,17,18);1H. The fourth-order valence-electron chi connectivity index (χ4n) is 3.71. The van der Waals surface area contributed by atoms with Crippen molar-refractivity contribution in [3.05, 3.63) is 16.1 Å². The third kappa shape index (κ3) is 3.15. The third-order valence-corrected chi connectivity index (χ3v) is 5.43. The van der Waals surface area contributed by atoms with Gasteiger partial charge < -0.3 is 11.1 Å². The quantitative estimate of drug-likeness (QED) is 0.881. The number of nitrogens with zero attached hydrogens (tertiary/aromatic N) is 1. The van der Waals surface area contributed by atoms with Gasteiger partial charge in [0.2, 0.25) is 0 Å². The molecule has 0 radical (unpaired) electrons. The smallest absolute Gasteiger partial charge is 0.263 e. The Morgan fingerprint density at radius 1 is 1.40 bits per heavy atom. The Morgan fingerprint density at radius 2 is 2.05 bits per heavy atom. The SMILES string of the molecule is Cc1ncc(C(=O)NC2C3CCCC2CC(N)C3)s1.Cl. The van der Waals surface area contributed by atoms with Crippen LogP contribution in [0.25, 0.3) is 0 Å². The highest BCUT2D eigenvalue weighted by atomic mass is 35.5. The number of fused-ring (bicyclic) bond motifs is 2. The Labute approximate surface area is 129 Å². The molecule has 3 N–H and O–H groups in total. The minimum atomic E-state index is 0.